The molecule has 13 nitrogen and oxygen atoms in total. The van der Waals surface area contributed by atoms with Gasteiger partial charge in [-0.05, 0) is 12.1 Å². The van der Waals surface area contributed by atoms with Gasteiger partial charge in [0.1, 0.15) is 41.1 Å². The molecule has 34 heavy (non-hydrogen) atoms. The van der Waals surface area contributed by atoms with E-state index in [-0.39, 0.29) is 16.9 Å². The first-order chi connectivity index (χ1) is 16.0. The Morgan fingerprint density at radius 2 is 1.47 bits per heavy atom. The Morgan fingerprint density at radius 3 is 2.09 bits per heavy atom. The van der Waals surface area contributed by atoms with Crippen LogP contribution < -0.4 is 10.2 Å². The summed E-state index contributed by atoms with van der Waals surface area (Å²) in [6.45, 7) is -0.732. The third kappa shape index (κ3) is 3.81. The summed E-state index contributed by atoms with van der Waals surface area (Å²) in [4.78, 5) is 12.6. The van der Waals surface area contributed by atoms with Gasteiger partial charge in [-0.15, -0.1) is 0 Å². The monoisotopic (exact) mass is 480 g/mol. The largest absolute Gasteiger partial charge is 0.504 e. The van der Waals surface area contributed by atoms with E-state index >= 15 is 0 Å². The Kier molecular flexibility index (Phi) is 5.89. The van der Waals surface area contributed by atoms with Crippen molar-refractivity contribution in [2.45, 2.75) is 30.7 Å². The van der Waals surface area contributed by atoms with Crippen molar-refractivity contribution in [3.63, 3.8) is 0 Å². The molecule has 0 aliphatic carbocycles. The van der Waals surface area contributed by atoms with Gasteiger partial charge in [0, 0.05) is 17.7 Å². The van der Waals surface area contributed by atoms with Crippen molar-refractivity contribution in [3.05, 3.63) is 34.5 Å². The van der Waals surface area contributed by atoms with Crippen LogP contribution in [-0.2, 0) is 4.74 Å². The third-order valence-corrected chi connectivity index (χ3v) is 5.38. The number of fused-ring (bicyclic) bond motifs is 1. The molecule has 0 radical (unpaired) electrons. The lowest BCUT2D eigenvalue weighted by Crippen LogP contribution is -2.60. The second kappa shape index (κ2) is 8.55. The van der Waals surface area contributed by atoms with E-state index in [9.17, 15) is 50.8 Å². The molecule has 1 aliphatic rings. The predicted octanol–water partition coefficient (Wildman–Crippen LogP) is -0.833. The minimum Gasteiger partial charge on any atom is -0.504 e. The molecule has 182 valence electrons. The van der Waals surface area contributed by atoms with E-state index in [0.29, 0.717) is 0 Å². The number of hydrogen-bond acceptors (Lipinski definition) is 13. The molecule has 5 unspecified atom stereocenters. The Labute approximate surface area is 189 Å². The summed E-state index contributed by atoms with van der Waals surface area (Å²) in [5, 5.41) is 88.4. The Morgan fingerprint density at radius 1 is 0.824 bits per heavy atom. The van der Waals surface area contributed by atoms with E-state index in [0.717, 1.165) is 24.3 Å². The van der Waals surface area contributed by atoms with Crippen molar-refractivity contribution >= 4 is 11.0 Å². The van der Waals surface area contributed by atoms with Crippen LogP contribution >= 0.6 is 0 Å². The maximum atomic E-state index is 12.6. The van der Waals surface area contributed by atoms with E-state index in [1.54, 1.807) is 0 Å². The molecule has 0 bridgehead atoms. The van der Waals surface area contributed by atoms with E-state index in [1.165, 1.54) is 0 Å². The molecule has 1 aliphatic heterocycles. The summed E-state index contributed by atoms with van der Waals surface area (Å²) in [7, 11) is 0. The van der Waals surface area contributed by atoms with Gasteiger partial charge in [0.2, 0.25) is 12.0 Å². The number of phenols is 5. The summed E-state index contributed by atoms with van der Waals surface area (Å²) < 4.78 is 16.1. The number of benzene rings is 2. The van der Waals surface area contributed by atoms with Crippen LogP contribution in [-0.4, -0.2) is 83.3 Å². The zero-order valence-electron chi connectivity index (χ0n) is 17.1. The number of ether oxygens (including phenoxy) is 2. The van der Waals surface area contributed by atoms with Crippen LogP contribution in [0.3, 0.4) is 0 Å². The molecular weight excluding hydrogens is 460 g/mol. The van der Waals surface area contributed by atoms with Crippen molar-refractivity contribution in [1.82, 2.24) is 0 Å². The average Bonchev–Trinajstić information content (AvgIpc) is 2.80. The molecule has 3 aromatic rings. The smallest absolute Gasteiger partial charge is 0.229 e. The van der Waals surface area contributed by atoms with E-state index in [2.05, 4.69) is 0 Å². The molecule has 13 heteroatoms. The summed E-state index contributed by atoms with van der Waals surface area (Å²) in [6, 6.07) is 3.89. The van der Waals surface area contributed by atoms with E-state index in [4.69, 9.17) is 13.9 Å². The van der Waals surface area contributed by atoms with Gasteiger partial charge in [-0.3, -0.25) is 4.79 Å². The first-order valence-corrected chi connectivity index (χ1v) is 9.78. The molecule has 0 amide bonds. The number of phenolic OH excluding ortho intramolecular Hbond substituents is 5. The van der Waals surface area contributed by atoms with Crippen molar-refractivity contribution in [1.29, 1.82) is 0 Å². The van der Waals surface area contributed by atoms with Crippen LogP contribution in [0.25, 0.3) is 22.3 Å². The fourth-order valence-corrected chi connectivity index (χ4v) is 3.54. The number of aliphatic hydroxyl groups is 4. The topological polar surface area (TPSA) is 231 Å². The van der Waals surface area contributed by atoms with Crippen LogP contribution in [0.4, 0.5) is 0 Å². The van der Waals surface area contributed by atoms with Crippen LogP contribution in [0, 0.1) is 0 Å². The summed E-state index contributed by atoms with van der Waals surface area (Å²) >= 11 is 0. The standard InChI is InChI=1S/C21H20O13/c22-5-13-17(28)19(30)20(31)21(34-13)33-12-4-11-14(18(29)16(12)27)7(23)3-10(32-11)6-1-8(24)15(26)9(25)2-6/h1-4,13,17,19-22,24-31H,5H2. The highest BCUT2D eigenvalue weighted by Gasteiger charge is 2.45. The highest BCUT2D eigenvalue weighted by molar-refractivity contribution is 5.89. The van der Waals surface area contributed by atoms with Gasteiger partial charge in [-0.2, -0.15) is 0 Å². The SMILES string of the molecule is O=c1cc(-c2cc(O)c(O)c(O)c2)oc2cc(OC3OC(CO)C(O)C(O)C3O)c(O)c(O)c12. The summed E-state index contributed by atoms with van der Waals surface area (Å²) in [6.07, 6.45) is -8.27. The fourth-order valence-electron chi connectivity index (χ4n) is 3.54. The molecule has 1 aromatic heterocycles. The maximum absolute atomic E-state index is 12.6. The van der Waals surface area contributed by atoms with Crippen molar-refractivity contribution in [2.75, 3.05) is 6.61 Å². The Balaban J connectivity index is 1.79. The van der Waals surface area contributed by atoms with Gasteiger partial charge in [0.15, 0.2) is 34.2 Å². The number of aliphatic hydroxyl groups excluding tert-OH is 4. The molecule has 2 heterocycles. The summed E-state index contributed by atoms with van der Waals surface area (Å²) in [5.74, 6) is -4.79. The van der Waals surface area contributed by atoms with E-state index in [1.807, 2.05) is 0 Å². The van der Waals surface area contributed by atoms with Gasteiger partial charge in [-0.25, -0.2) is 0 Å². The van der Waals surface area contributed by atoms with Gasteiger partial charge in [0.25, 0.3) is 0 Å². The van der Waals surface area contributed by atoms with Gasteiger partial charge in [-0.1, -0.05) is 0 Å². The van der Waals surface area contributed by atoms with Crippen molar-refractivity contribution in [3.8, 4) is 45.8 Å². The van der Waals surface area contributed by atoms with Crippen LogP contribution in [0.2, 0.25) is 0 Å². The molecule has 5 atom stereocenters. The zero-order valence-corrected chi connectivity index (χ0v) is 17.1. The lowest BCUT2D eigenvalue weighted by atomic mass is 9.99. The van der Waals surface area contributed by atoms with Crippen molar-refractivity contribution < 1.29 is 59.8 Å². The lowest BCUT2D eigenvalue weighted by Gasteiger charge is -2.39. The minimum atomic E-state index is -1.82. The Hall–Kier alpha value is -3.75. The second-order valence-corrected chi connectivity index (χ2v) is 7.60. The van der Waals surface area contributed by atoms with Crippen molar-refractivity contribution in [2.24, 2.45) is 0 Å². The molecule has 0 saturated carbocycles. The molecule has 1 saturated heterocycles. The van der Waals surface area contributed by atoms with Crippen LogP contribution in [0.1, 0.15) is 0 Å². The molecule has 9 N–H and O–H groups in total. The number of hydrogen-bond donors (Lipinski definition) is 9. The van der Waals surface area contributed by atoms with Gasteiger partial charge in [0.05, 0.1) is 6.61 Å². The molecular formula is C21H20O13. The molecule has 0 spiro atoms. The van der Waals surface area contributed by atoms with Gasteiger partial charge < -0.3 is 59.8 Å². The minimum absolute atomic E-state index is 0.0178. The van der Waals surface area contributed by atoms with Crippen LogP contribution in [0.5, 0.6) is 34.5 Å². The Bertz CT molecular complexity index is 1280. The first kappa shape index (κ1) is 23.4. The van der Waals surface area contributed by atoms with Crippen LogP contribution in [0.15, 0.2) is 33.5 Å². The lowest BCUT2D eigenvalue weighted by molar-refractivity contribution is -0.277. The highest BCUT2D eigenvalue weighted by atomic mass is 16.7. The molecule has 1 fully saturated rings. The maximum Gasteiger partial charge on any atom is 0.229 e. The fraction of sp³-hybridized carbons (Fsp3) is 0.286. The summed E-state index contributed by atoms with van der Waals surface area (Å²) in [5.41, 5.74) is -1.17. The quantitative estimate of drug-likeness (QED) is 0.208. The average molecular weight is 480 g/mol. The number of aromatic hydroxyl groups is 5. The number of rotatable bonds is 4. The zero-order chi connectivity index (χ0) is 24.9. The second-order valence-electron chi connectivity index (χ2n) is 7.60. The predicted molar refractivity (Wildman–Crippen MR) is 111 cm³/mol. The molecule has 2 aromatic carbocycles. The normalized spacial score (nSPS) is 24.9. The highest BCUT2D eigenvalue weighted by Crippen LogP contribution is 2.44. The van der Waals surface area contributed by atoms with E-state index < -0.39 is 82.6 Å². The first-order valence-electron chi connectivity index (χ1n) is 9.78. The third-order valence-electron chi connectivity index (χ3n) is 5.38. The van der Waals surface area contributed by atoms with Gasteiger partial charge >= 0.3 is 0 Å². The molecule has 4 rings (SSSR count).